The van der Waals surface area contributed by atoms with Crippen LogP contribution in [0.5, 0.6) is 0 Å². The molecular formula is C16H14ClNO2. The summed E-state index contributed by atoms with van der Waals surface area (Å²) < 4.78 is 0. The van der Waals surface area contributed by atoms with Crippen molar-refractivity contribution in [2.45, 2.75) is 6.61 Å². The van der Waals surface area contributed by atoms with E-state index in [2.05, 4.69) is 5.32 Å². The van der Waals surface area contributed by atoms with Crippen molar-refractivity contribution in [1.29, 1.82) is 0 Å². The lowest BCUT2D eigenvalue weighted by molar-refractivity contribution is -0.111. The molecule has 20 heavy (non-hydrogen) atoms. The number of benzene rings is 2. The van der Waals surface area contributed by atoms with Gasteiger partial charge in [0.1, 0.15) is 0 Å². The van der Waals surface area contributed by atoms with E-state index in [1.807, 2.05) is 18.2 Å². The Morgan fingerprint density at radius 1 is 1.15 bits per heavy atom. The molecule has 2 aromatic carbocycles. The Morgan fingerprint density at radius 3 is 2.50 bits per heavy atom. The molecule has 3 nitrogen and oxygen atoms in total. The fourth-order valence-electron chi connectivity index (χ4n) is 1.65. The van der Waals surface area contributed by atoms with Gasteiger partial charge >= 0.3 is 0 Å². The Bertz CT molecular complexity index is 621. The Labute approximate surface area is 122 Å². The smallest absolute Gasteiger partial charge is 0.248 e. The molecule has 0 aliphatic heterocycles. The molecule has 0 bridgehead atoms. The zero-order chi connectivity index (χ0) is 14.4. The highest BCUT2D eigenvalue weighted by Gasteiger charge is 1.99. The summed E-state index contributed by atoms with van der Waals surface area (Å²) >= 11 is 5.99. The van der Waals surface area contributed by atoms with E-state index in [1.165, 1.54) is 6.08 Å². The van der Waals surface area contributed by atoms with Crippen molar-refractivity contribution < 1.29 is 9.90 Å². The van der Waals surface area contributed by atoms with Gasteiger partial charge in [0.05, 0.1) is 6.61 Å². The third-order valence-electron chi connectivity index (χ3n) is 2.72. The Morgan fingerprint density at radius 2 is 1.85 bits per heavy atom. The van der Waals surface area contributed by atoms with Crippen LogP contribution in [0.25, 0.3) is 6.08 Å². The summed E-state index contributed by atoms with van der Waals surface area (Å²) in [6, 6.07) is 14.3. The second kappa shape index (κ2) is 6.89. The Hall–Kier alpha value is -2.10. The number of carbonyl (C=O) groups is 1. The Balaban J connectivity index is 2.00. The van der Waals surface area contributed by atoms with Crippen molar-refractivity contribution in [2.24, 2.45) is 0 Å². The van der Waals surface area contributed by atoms with Crippen LogP contribution in [0.4, 0.5) is 5.69 Å². The SMILES string of the molecule is O=C(C=Cc1ccccc1Cl)Nc1ccc(CO)cc1. The number of hydrogen-bond donors (Lipinski definition) is 2. The zero-order valence-electron chi connectivity index (χ0n) is 10.7. The summed E-state index contributed by atoms with van der Waals surface area (Å²) in [4.78, 5) is 11.8. The number of hydrogen-bond acceptors (Lipinski definition) is 2. The third-order valence-corrected chi connectivity index (χ3v) is 3.07. The lowest BCUT2D eigenvalue weighted by Crippen LogP contribution is -2.07. The normalized spacial score (nSPS) is 10.7. The largest absolute Gasteiger partial charge is 0.392 e. The van der Waals surface area contributed by atoms with Crippen LogP contribution >= 0.6 is 11.6 Å². The highest BCUT2D eigenvalue weighted by Crippen LogP contribution is 2.16. The predicted octanol–water partition coefficient (Wildman–Crippen LogP) is 3.48. The van der Waals surface area contributed by atoms with E-state index >= 15 is 0 Å². The molecule has 1 amide bonds. The molecule has 0 aliphatic carbocycles. The van der Waals surface area contributed by atoms with E-state index < -0.39 is 0 Å². The van der Waals surface area contributed by atoms with Crippen molar-refractivity contribution in [1.82, 2.24) is 0 Å². The number of carbonyl (C=O) groups excluding carboxylic acids is 1. The van der Waals surface area contributed by atoms with E-state index in [9.17, 15) is 4.79 Å². The average Bonchev–Trinajstić information content (AvgIpc) is 2.47. The van der Waals surface area contributed by atoms with Gasteiger partial charge in [0.2, 0.25) is 5.91 Å². The van der Waals surface area contributed by atoms with Crippen molar-refractivity contribution in [3.63, 3.8) is 0 Å². The fraction of sp³-hybridized carbons (Fsp3) is 0.0625. The number of aliphatic hydroxyl groups is 1. The first-order valence-electron chi connectivity index (χ1n) is 6.12. The molecule has 0 spiro atoms. The van der Waals surface area contributed by atoms with Gasteiger partial charge in [-0.05, 0) is 35.4 Å². The number of rotatable bonds is 4. The van der Waals surface area contributed by atoms with Crippen LogP contribution < -0.4 is 5.32 Å². The van der Waals surface area contributed by atoms with Crippen LogP contribution in [0.15, 0.2) is 54.6 Å². The molecule has 0 radical (unpaired) electrons. The van der Waals surface area contributed by atoms with Crippen molar-refractivity contribution in [3.8, 4) is 0 Å². The molecule has 2 rings (SSSR count). The lowest BCUT2D eigenvalue weighted by Gasteiger charge is -2.03. The molecule has 0 unspecified atom stereocenters. The van der Waals surface area contributed by atoms with Gasteiger partial charge < -0.3 is 10.4 Å². The number of nitrogens with one attached hydrogen (secondary N) is 1. The highest BCUT2D eigenvalue weighted by atomic mass is 35.5. The van der Waals surface area contributed by atoms with Crippen LogP contribution in [0, 0.1) is 0 Å². The first kappa shape index (κ1) is 14.3. The van der Waals surface area contributed by atoms with Crippen LogP contribution in [0.1, 0.15) is 11.1 Å². The predicted molar refractivity (Wildman–Crippen MR) is 81.5 cm³/mol. The van der Waals surface area contributed by atoms with Crippen LogP contribution in [0.3, 0.4) is 0 Å². The highest BCUT2D eigenvalue weighted by molar-refractivity contribution is 6.32. The summed E-state index contributed by atoms with van der Waals surface area (Å²) in [7, 11) is 0. The number of anilines is 1. The third kappa shape index (κ3) is 3.95. The van der Waals surface area contributed by atoms with Gasteiger partial charge in [-0.3, -0.25) is 4.79 Å². The summed E-state index contributed by atoms with van der Waals surface area (Å²) in [6.45, 7) is -0.0133. The molecule has 102 valence electrons. The summed E-state index contributed by atoms with van der Waals surface area (Å²) in [5.74, 6) is -0.235. The van der Waals surface area contributed by atoms with Crippen LogP contribution in [-0.2, 0) is 11.4 Å². The van der Waals surface area contributed by atoms with Gasteiger partial charge in [-0.1, -0.05) is 41.9 Å². The van der Waals surface area contributed by atoms with Gasteiger partial charge in [0.15, 0.2) is 0 Å². The molecule has 2 N–H and O–H groups in total. The number of halogens is 1. The molecule has 0 saturated carbocycles. The zero-order valence-corrected chi connectivity index (χ0v) is 11.5. The van der Waals surface area contributed by atoms with Gasteiger partial charge in [0, 0.05) is 16.8 Å². The number of amides is 1. The van der Waals surface area contributed by atoms with Crippen molar-refractivity contribution >= 4 is 29.3 Å². The van der Waals surface area contributed by atoms with Gasteiger partial charge in [-0.25, -0.2) is 0 Å². The fourth-order valence-corrected chi connectivity index (χ4v) is 1.85. The second-order valence-corrected chi connectivity index (χ2v) is 4.61. The second-order valence-electron chi connectivity index (χ2n) is 4.20. The maximum atomic E-state index is 11.8. The standard InChI is InChI=1S/C16H14ClNO2/c17-15-4-2-1-3-13(15)7-10-16(20)18-14-8-5-12(11-19)6-9-14/h1-10,19H,11H2,(H,18,20). The topological polar surface area (TPSA) is 49.3 Å². The minimum Gasteiger partial charge on any atom is -0.392 e. The van der Waals surface area contributed by atoms with Crippen LogP contribution in [-0.4, -0.2) is 11.0 Å². The molecule has 0 aliphatic rings. The van der Waals surface area contributed by atoms with E-state index in [0.29, 0.717) is 10.7 Å². The molecular weight excluding hydrogens is 274 g/mol. The monoisotopic (exact) mass is 287 g/mol. The summed E-state index contributed by atoms with van der Waals surface area (Å²) in [5.41, 5.74) is 2.27. The molecule has 0 heterocycles. The summed E-state index contributed by atoms with van der Waals surface area (Å²) in [6.07, 6.45) is 3.10. The maximum Gasteiger partial charge on any atom is 0.248 e. The molecule has 2 aromatic rings. The lowest BCUT2D eigenvalue weighted by atomic mass is 10.2. The maximum absolute atomic E-state index is 11.8. The van der Waals surface area contributed by atoms with Gasteiger partial charge in [-0.2, -0.15) is 0 Å². The first-order chi connectivity index (χ1) is 9.69. The van der Waals surface area contributed by atoms with Gasteiger partial charge in [0.25, 0.3) is 0 Å². The minimum atomic E-state index is -0.235. The molecule has 0 saturated heterocycles. The van der Waals surface area contributed by atoms with Gasteiger partial charge in [-0.15, -0.1) is 0 Å². The molecule has 0 fully saturated rings. The average molecular weight is 288 g/mol. The van der Waals surface area contributed by atoms with E-state index in [4.69, 9.17) is 16.7 Å². The summed E-state index contributed by atoms with van der Waals surface area (Å²) in [5, 5.41) is 12.3. The molecule has 0 aromatic heterocycles. The van der Waals surface area contributed by atoms with E-state index in [1.54, 1.807) is 36.4 Å². The Kier molecular flexibility index (Phi) is 4.93. The first-order valence-corrected chi connectivity index (χ1v) is 6.50. The molecule has 0 atom stereocenters. The molecule has 4 heteroatoms. The van der Waals surface area contributed by atoms with E-state index in [-0.39, 0.29) is 12.5 Å². The number of aliphatic hydroxyl groups excluding tert-OH is 1. The van der Waals surface area contributed by atoms with Crippen LogP contribution in [0.2, 0.25) is 5.02 Å². The minimum absolute atomic E-state index is 0.0133. The van der Waals surface area contributed by atoms with Crippen molar-refractivity contribution in [3.05, 3.63) is 70.8 Å². The quantitative estimate of drug-likeness (QED) is 0.846. The van der Waals surface area contributed by atoms with E-state index in [0.717, 1.165) is 11.1 Å². The van der Waals surface area contributed by atoms with Crippen molar-refractivity contribution in [2.75, 3.05) is 5.32 Å².